The quantitative estimate of drug-likeness (QED) is 0.322. The minimum absolute atomic E-state index is 0.00480. The molecule has 8 heteroatoms. The minimum atomic E-state index is -1.13. The van der Waals surface area contributed by atoms with Gasteiger partial charge < -0.3 is 10.4 Å². The molecular formula is C31H28ClF3N2O2. The maximum absolute atomic E-state index is 14.2. The standard InChI is InChI=1S/C31H28ClF3N2O2/c32-21-5-3-6-22(15-21)36-31(29(38)39)12-10-30(11-13-31)24-7-2-1-4-19(24)14-25(30)20-16-37(17-20)18-23-26(33)8-9-27(34)28(23)35/h1-9,14-15,20,36H,10-13,16-18H2,(H,38,39). The number of hydrogen-bond acceptors (Lipinski definition) is 3. The highest BCUT2D eigenvalue weighted by Crippen LogP contribution is 2.56. The Labute approximate surface area is 230 Å². The van der Waals surface area contributed by atoms with E-state index in [1.165, 1.54) is 11.1 Å². The van der Waals surface area contributed by atoms with E-state index in [9.17, 15) is 23.1 Å². The number of halogens is 4. The number of hydrogen-bond donors (Lipinski definition) is 2. The van der Waals surface area contributed by atoms with Gasteiger partial charge in [0, 0.05) is 47.2 Å². The van der Waals surface area contributed by atoms with Crippen LogP contribution in [0.1, 0.15) is 42.4 Å². The second-order valence-electron chi connectivity index (χ2n) is 11.0. The minimum Gasteiger partial charge on any atom is -0.480 e. The summed E-state index contributed by atoms with van der Waals surface area (Å²) in [4.78, 5) is 14.5. The Morgan fingerprint density at radius 2 is 1.69 bits per heavy atom. The zero-order valence-corrected chi connectivity index (χ0v) is 21.9. The Morgan fingerprint density at radius 1 is 0.974 bits per heavy atom. The van der Waals surface area contributed by atoms with E-state index in [2.05, 4.69) is 23.5 Å². The number of nitrogens with one attached hydrogen (secondary N) is 1. The molecule has 1 spiro atoms. The van der Waals surface area contributed by atoms with Gasteiger partial charge in [0.1, 0.15) is 11.4 Å². The Bertz CT molecular complexity index is 1480. The molecule has 0 atom stereocenters. The lowest BCUT2D eigenvalue weighted by molar-refractivity contribution is -0.143. The molecule has 2 aliphatic carbocycles. The van der Waals surface area contributed by atoms with E-state index in [-0.39, 0.29) is 23.4 Å². The molecular weight excluding hydrogens is 525 g/mol. The number of fused-ring (bicyclic) bond motifs is 2. The number of benzene rings is 3. The summed E-state index contributed by atoms with van der Waals surface area (Å²) in [6.45, 7) is 1.20. The van der Waals surface area contributed by atoms with E-state index in [1.54, 1.807) is 18.2 Å². The van der Waals surface area contributed by atoms with Crippen molar-refractivity contribution >= 4 is 29.3 Å². The highest BCUT2D eigenvalue weighted by molar-refractivity contribution is 6.30. The molecule has 0 amide bonds. The second-order valence-corrected chi connectivity index (χ2v) is 11.4. The second kappa shape index (κ2) is 9.72. The average molecular weight is 553 g/mol. The summed E-state index contributed by atoms with van der Waals surface area (Å²) in [5.41, 5.74) is 2.62. The maximum atomic E-state index is 14.2. The van der Waals surface area contributed by atoms with E-state index in [4.69, 9.17) is 11.6 Å². The Hall–Kier alpha value is -3.29. The topological polar surface area (TPSA) is 52.6 Å². The van der Waals surface area contributed by atoms with Gasteiger partial charge in [-0.05, 0) is 67.1 Å². The third kappa shape index (κ3) is 4.42. The van der Waals surface area contributed by atoms with Crippen LogP contribution >= 0.6 is 11.6 Å². The highest BCUT2D eigenvalue weighted by atomic mass is 35.5. The summed E-state index contributed by atoms with van der Waals surface area (Å²) in [5.74, 6) is -3.65. The first-order chi connectivity index (χ1) is 18.7. The zero-order chi connectivity index (χ0) is 27.4. The molecule has 202 valence electrons. The average Bonchev–Trinajstić information content (AvgIpc) is 3.20. The van der Waals surface area contributed by atoms with Gasteiger partial charge in [0.15, 0.2) is 11.6 Å². The van der Waals surface area contributed by atoms with Crippen LogP contribution in [0.15, 0.2) is 66.2 Å². The van der Waals surface area contributed by atoms with Gasteiger partial charge in [-0.1, -0.05) is 53.6 Å². The molecule has 4 nitrogen and oxygen atoms in total. The predicted molar refractivity (Wildman–Crippen MR) is 145 cm³/mol. The number of carboxylic acids is 1. The van der Waals surface area contributed by atoms with Crippen molar-refractivity contribution in [3.8, 4) is 0 Å². The number of carboxylic acid groups (broad SMARTS) is 1. The first-order valence-corrected chi connectivity index (χ1v) is 13.5. The van der Waals surface area contributed by atoms with Crippen molar-refractivity contribution in [2.45, 2.75) is 43.2 Å². The molecule has 39 heavy (non-hydrogen) atoms. The SMILES string of the molecule is O=C(O)C1(Nc2cccc(Cl)c2)CCC2(CC1)C(C1CN(Cc3c(F)ccc(F)c3F)C1)=Cc1ccccc12. The van der Waals surface area contributed by atoms with Crippen LogP contribution in [0.3, 0.4) is 0 Å². The third-order valence-corrected chi connectivity index (χ3v) is 9.07. The van der Waals surface area contributed by atoms with E-state index in [1.807, 2.05) is 23.1 Å². The van der Waals surface area contributed by atoms with Gasteiger partial charge >= 0.3 is 5.97 Å². The van der Waals surface area contributed by atoms with Gasteiger partial charge in [-0.2, -0.15) is 0 Å². The largest absolute Gasteiger partial charge is 0.480 e. The molecule has 3 aromatic carbocycles. The Kier molecular flexibility index (Phi) is 6.47. The van der Waals surface area contributed by atoms with E-state index < -0.39 is 29.0 Å². The lowest BCUT2D eigenvalue weighted by Crippen LogP contribution is -2.55. The summed E-state index contributed by atoms with van der Waals surface area (Å²) in [6, 6.07) is 17.1. The molecule has 1 heterocycles. The van der Waals surface area contributed by atoms with Crippen LogP contribution in [0.25, 0.3) is 6.08 Å². The first-order valence-electron chi connectivity index (χ1n) is 13.1. The Morgan fingerprint density at radius 3 is 2.41 bits per heavy atom. The van der Waals surface area contributed by atoms with Crippen molar-refractivity contribution in [3.63, 3.8) is 0 Å². The van der Waals surface area contributed by atoms with Crippen LogP contribution in [0, 0.1) is 23.4 Å². The van der Waals surface area contributed by atoms with Gasteiger partial charge in [0.2, 0.25) is 0 Å². The molecule has 0 aromatic heterocycles. The van der Waals surface area contributed by atoms with Crippen LogP contribution in [-0.2, 0) is 16.8 Å². The van der Waals surface area contributed by atoms with Gasteiger partial charge in [-0.25, -0.2) is 18.0 Å². The lowest BCUT2D eigenvalue weighted by Gasteiger charge is -2.50. The van der Waals surface area contributed by atoms with Gasteiger partial charge in [0.25, 0.3) is 0 Å². The number of nitrogens with zero attached hydrogens (tertiary/aromatic N) is 1. The van der Waals surface area contributed by atoms with Crippen LogP contribution in [0.5, 0.6) is 0 Å². The fourth-order valence-electron chi connectivity index (χ4n) is 6.76. The van der Waals surface area contributed by atoms with Crippen LogP contribution in [0.4, 0.5) is 18.9 Å². The predicted octanol–water partition coefficient (Wildman–Crippen LogP) is 7.03. The summed E-state index contributed by atoms with van der Waals surface area (Å²) in [7, 11) is 0. The van der Waals surface area contributed by atoms with Crippen molar-refractivity contribution in [2.75, 3.05) is 18.4 Å². The van der Waals surface area contributed by atoms with Crippen molar-refractivity contribution in [1.29, 1.82) is 0 Å². The molecule has 2 N–H and O–H groups in total. The van der Waals surface area contributed by atoms with Crippen LogP contribution in [-0.4, -0.2) is 34.6 Å². The maximum Gasteiger partial charge on any atom is 0.329 e. The van der Waals surface area contributed by atoms with Crippen molar-refractivity contribution < 1.29 is 23.1 Å². The van der Waals surface area contributed by atoms with Crippen molar-refractivity contribution in [2.24, 2.45) is 5.92 Å². The number of anilines is 1. The summed E-state index contributed by atoms with van der Waals surface area (Å²) in [5, 5.41) is 14.1. The number of likely N-dealkylation sites (tertiary alicyclic amines) is 1. The molecule has 1 aliphatic heterocycles. The van der Waals surface area contributed by atoms with Gasteiger partial charge in [-0.15, -0.1) is 0 Å². The summed E-state index contributed by atoms with van der Waals surface area (Å²) < 4.78 is 42.2. The monoisotopic (exact) mass is 552 g/mol. The molecule has 2 fully saturated rings. The highest BCUT2D eigenvalue weighted by Gasteiger charge is 2.53. The summed E-state index contributed by atoms with van der Waals surface area (Å²) >= 11 is 6.15. The van der Waals surface area contributed by atoms with E-state index in [0.29, 0.717) is 49.5 Å². The zero-order valence-electron chi connectivity index (χ0n) is 21.2. The van der Waals surface area contributed by atoms with Gasteiger partial charge in [0.05, 0.1) is 0 Å². The number of rotatable bonds is 6. The number of aliphatic carboxylic acids is 1. The smallest absolute Gasteiger partial charge is 0.329 e. The molecule has 3 aromatic rings. The van der Waals surface area contributed by atoms with Crippen LogP contribution < -0.4 is 5.32 Å². The first kappa shape index (κ1) is 26.0. The fraction of sp³-hybridized carbons (Fsp3) is 0.323. The number of carbonyl (C=O) groups is 1. The van der Waals surface area contributed by atoms with E-state index >= 15 is 0 Å². The lowest BCUT2D eigenvalue weighted by atomic mass is 9.59. The molecule has 3 aliphatic rings. The third-order valence-electron chi connectivity index (χ3n) is 8.83. The van der Waals surface area contributed by atoms with Crippen LogP contribution in [0.2, 0.25) is 5.02 Å². The fourth-order valence-corrected chi connectivity index (χ4v) is 6.95. The van der Waals surface area contributed by atoms with Crippen molar-refractivity contribution in [1.82, 2.24) is 4.90 Å². The normalized spacial score (nSPS) is 24.8. The molecule has 6 rings (SSSR count). The molecule has 0 unspecified atom stereocenters. The van der Waals surface area contributed by atoms with Crippen molar-refractivity contribution in [3.05, 3.63) is 105 Å². The molecule has 1 saturated carbocycles. The molecule has 0 bridgehead atoms. The summed E-state index contributed by atoms with van der Waals surface area (Å²) in [6.07, 6.45) is 4.38. The van der Waals surface area contributed by atoms with Gasteiger partial charge in [-0.3, -0.25) is 4.90 Å². The van der Waals surface area contributed by atoms with E-state index in [0.717, 1.165) is 17.7 Å². The Balaban J connectivity index is 1.23. The molecule has 1 saturated heterocycles. The molecule has 0 radical (unpaired) electrons.